The van der Waals surface area contributed by atoms with E-state index >= 15 is 0 Å². The lowest BCUT2D eigenvalue weighted by molar-refractivity contribution is -0.122. The van der Waals surface area contributed by atoms with Crippen LogP contribution < -0.4 is 0 Å². The zero-order valence-electron chi connectivity index (χ0n) is 11.6. The van der Waals surface area contributed by atoms with Gasteiger partial charge in [-0.1, -0.05) is 47.1 Å². The largest absolute Gasteiger partial charge is 0.294 e. The van der Waals surface area contributed by atoms with Crippen molar-refractivity contribution in [2.24, 2.45) is 10.8 Å². The van der Waals surface area contributed by atoms with Crippen LogP contribution in [0.2, 0.25) is 0 Å². The maximum atomic E-state index is 12.2. The molecule has 0 radical (unpaired) electrons. The average molecular weight is 210 g/mol. The number of ketones is 1. The van der Waals surface area contributed by atoms with Gasteiger partial charge in [0.2, 0.25) is 0 Å². The Bertz CT molecular complexity index is 265. The highest BCUT2D eigenvalue weighted by molar-refractivity contribution is 5.99. The van der Waals surface area contributed by atoms with Crippen molar-refractivity contribution >= 4 is 5.78 Å². The van der Waals surface area contributed by atoms with E-state index in [2.05, 4.69) is 20.8 Å². The van der Waals surface area contributed by atoms with E-state index in [4.69, 9.17) is 0 Å². The van der Waals surface area contributed by atoms with Gasteiger partial charge in [-0.05, 0) is 31.3 Å². The van der Waals surface area contributed by atoms with Crippen molar-refractivity contribution in [1.82, 2.24) is 0 Å². The zero-order valence-corrected chi connectivity index (χ0v) is 11.6. The molecule has 0 aliphatic heterocycles. The van der Waals surface area contributed by atoms with Gasteiger partial charge in [-0.15, -0.1) is 0 Å². The number of carbonyl (C=O) groups is 1. The minimum Gasteiger partial charge on any atom is -0.294 e. The molecular weight excluding hydrogens is 184 g/mol. The lowest BCUT2D eigenvalue weighted by atomic mass is 9.78. The summed E-state index contributed by atoms with van der Waals surface area (Å²) in [5.74, 6) is 0.289. The van der Waals surface area contributed by atoms with Crippen LogP contribution in [0.5, 0.6) is 0 Å². The molecule has 1 heteroatoms. The second-order valence-corrected chi connectivity index (χ2v) is 6.80. The summed E-state index contributed by atoms with van der Waals surface area (Å²) in [7, 11) is 0. The average Bonchev–Trinajstić information content (AvgIpc) is 1.94. The molecule has 0 saturated heterocycles. The molecule has 0 bridgehead atoms. The summed E-state index contributed by atoms with van der Waals surface area (Å²) in [6.07, 6.45) is 0.867. The van der Waals surface area contributed by atoms with Gasteiger partial charge in [0.15, 0.2) is 5.78 Å². The van der Waals surface area contributed by atoms with E-state index in [1.54, 1.807) is 0 Å². The maximum Gasteiger partial charge on any atom is 0.164 e. The third-order valence-electron chi connectivity index (χ3n) is 2.27. The molecule has 0 spiro atoms. The van der Waals surface area contributed by atoms with Crippen molar-refractivity contribution in [3.63, 3.8) is 0 Å². The first-order chi connectivity index (χ1) is 6.45. The molecule has 15 heavy (non-hydrogen) atoms. The summed E-state index contributed by atoms with van der Waals surface area (Å²) >= 11 is 0. The van der Waals surface area contributed by atoms with Crippen molar-refractivity contribution in [1.29, 1.82) is 0 Å². The smallest absolute Gasteiger partial charge is 0.164 e. The Balaban J connectivity index is 5.06. The Kier molecular flexibility index (Phi) is 4.33. The Morgan fingerprint density at radius 1 is 0.933 bits per heavy atom. The Morgan fingerprint density at radius 3 is 1.53 bits per heavy atom. The van der Waals surface area contributed by atoms with E-state index in [1.807, 2.05) is 34.6 Å². The molecule has 0 aliphatic carbocycles. The van der Waals surface area contributed by atoms with Gasteiger partial charge >= 0.3 is 0 Å². The van der Waals surface area contributed by atoms with Crippen LogP contribution in [-0.4, -0.2) is 5.78 Å². The fourth-order valence-corrected chi connectivity index (χ4v) is 1.47. The van der Waals surface area contributed by atoms with E-state index in [1.165, 1.54) is 0 Å². The molecule has 0 amide bonds. The fraction of sp³-hybridized carbons (Fsp3) is 0.786. The van der Waals surface area contributed by atoms with E-state index in [9.17, 15) is 4.79 Å². The third-order valence-corrected chi connectivity index (χ3v) is 2.27. The molecule has 0 aliphatic rings. The van der Waals surface area contributed by atoms with Crippen molar-refractivity contribution in [3.8, 4) is 0 Å². The summed E-state index contributed by atoms with van der Waals surface area (Å²) in [5, 5.41) is 0. The maximum absolute atomic E-state index is 12.2. The van der Waals surface area contributed by atoms with Crippen LogP contribution >= 0.6 is 0 Å². The summed E-state index contributed by atoms with van der Waals surface area (Å²) in [5.41, 5.74) is 2.07. The molecule has 0 atom stereocenters. The molecule has 0 saturated carbocycles. The first-order valence-corrected chi connectivity index (χ1v) is 5.66. The second-order valence-electron chi connectivity index (χ2n) is 6.80. The van der Waals surface area contributed by atoms with Crippen molar-refractivity contribution in [2.75, 3.05) is 0 Å². The van der Waals surface area contributed by atoms with E-state index in [0.29, 0.717) is 0 Å². The van der Waals surface area contributed by atoms with Gasteiger partial charge in [0.05, 0.1) is 0 Å². The number of hydrogen-bond donors (Lipinski definition) is 0. The van der Waals surface area contributed by atoms with Crippen LogP contribution in [0.25, 0.3) is 0 Å². The van der Waals surface area contributed by atoms with Gasteiger partial charge < -0.3 is 0 Å². The number of allylic oxidation sites excluding steroid dienone is 2. The van der Waals surface area contributed by atoms with Gasteiger partial charge in [-0.2, -0.15) is 0 Å². The van der Waals surface area contributed by atoms with E-state index < -0.39 is 0 Å². The Morgan fingerprint density at radius 2 is 1.33 bits per heavy atom. The summed E-state index contributed by atoms with van der Waals surface area (Å²) < 4.78 is 0. The van der Waals surface area contributed by atoms with Crippen molar-refractivity contribution < 1.29 is 4.79 Å². The summed E-state index contributed by atoms with van der Waals surface area (Å²) in [4.78, 5) is 12.2. The molecule has 0 unspecified atom stereocenters. The van der Waals surface area contributed by atoms with Gasteiger partial charge in [-0.3, -0.25) is 4.79 Å². The van der Waals surface area contributed by atoms with Crippen LogP contribution in [0, 0.1) is 10.8 Å². The first kappa shape index (κ1) is 14.4. The van der Waals surface area contributed by atoms with Crippen LogP contribution in [0.15, 0.2) is 11.1 Å². The molecule has 88 valence electrons. The topological polar surface area (TPSA) is 17.1 Å². The molecule has 1 nitrogen and oxygen atoms in total. The Hall–Kier alpha value is -0.590. The minimum atomic E-state index is -0.266. The van der Waals surface area contributed by atoms with Gasteiger partial charge in [-0.25, -0.2) is 0 Å². The number of carbonyl (C=O) groups excluding carboxylic acids is 1. The number of rotatable bonds is 2. The Labute approximate surface area is 95.0 Å². The van der Waals surface area contributed by atoms with Crippen LogP contribution in [0.4, 0.5) is 0 Å². The van der Waals surface area contributed by atoms with Crippen molar-refractivity contribution in [2.45, 2.75) is 61.8 Å². The molecule has 0 aromatic rings. The van der Waals surface area contributed by atoms with Gasteiger partial charge in [0, 0.05) is 5.41 Å². The van der Waals surface area contributed by atoms with Gasteiger partial charge in [0.1, 0.15) is 0 Å². The molecule has 0 rings (SSSR count). The predicted octanol–water partition coefficient (Wildman–Crippen LogP) is 4.37. The fourth-order valence-electron chi connectivity index (χ4n) is 1.47. The van der Waals surface area contributed by atoms with Crippen LogP contribution in [0.1, 0.15) is 61.8 Å². The van der Waals surface area contributed by atoms with Crippen LogP contribution in [0.3, 0.4) is 0 Å². The first-order valence-electron chi connectivity index (χ1n) is 5.66. The second kappa shape index (κ2) is 4.51. The molecule has 0 fully saturated rings. The lowest BCUT2D eigenvalue weighted by Crippen LogP contribution is -2.25. The molecular formula is C14H26O. The predicted molar refractivity (Wildman–Crippen MR) is 66.9 cm³/mol. The zero-order chi connectivity index (χ0) is 12.4. The van der Waals surface area contributed by atoms with E-state index in [0.717, 1.165) is 17.6 Å². The van der Waals surface area contributed by atoms with Gasteiger partial charge in [0.25, 0.3) is 0 Å². The number of hydrogen-bond acceptors (Lipinski definition) is 1. The number of Topliss-reactive ketones (excluding diaryl/α,β-unsaturated/α-hetero) is 1. The lowest BCUT2D eigenvalue weighted by Gasteiger charge is -2.25. The normalized spacial score (nSPS) is 12.5. The molecule has 0 N–H and O–H groups in total. The van der Waals surface area contributed by atoms with Crippen molar-refractivity contribution in [3.05, 3.63) is 11.1 Å². The molecule has 0 heterocycles. The minimum absolute atomic E-state index is 0.174. The SMILES string of the molecule is CC(C)=C(CC(C)(C)C)C(=O)C(C)(C)C. The highest BCUT2D eigenvalue weighted by Crippen LogP contribution is 2.31. The van der Waals surface area contributed by atoms with E-state index in [-0.39, 0.29) is 16.6 Å². The molecule has 0 aromatic carbocycles. The summed E-state index contributed by atoms with van der Waals surface area (Å²) in [6, 6.07) is 0. The molecule has 0 aromatic heterocycles. The van der Waals surface area contributed by atoms with Crippen LogP contribution in [-0.2, 0) is 4.79 Å². The standard InChI is InChI=1S/C14H26O/c1-10(2)11(9-13(3,4)5)12(15)14(6,7)8/h9H2,1-8H3. The quantitative estimate of drug-likeness (QED) is 0.618. The highest BCUT2D eigenvalue weighted by Gasteiger charge is 2.28. The monoisotopic (exact) mass is 210 g/mol. The third kappa shape index (κ3) is 5.15. The summed E-state index contributed by atoms with van der Waals surface area (Å²) in [6.45, 7) is 16.5. The highest BCUT2D eigenvalue weighted by atomic mass is 16.1.